The van der Waals surface area contributed by atoms with Gasteiger partial charge in [0.25, 0.3) is 0 Å². The Morgan fingerprint density at radius 2 is 1.95 bits per heavy atom. The minimum absolute atomic E-state index is 0.0330. The molecule has 0 bridgehead atoms. The number of hydrogen-bond acceptors (Lipinski definition) is 6. The molecule has 0 saturated heterocycles. The summed E-state index contributed by atoms with van der Waals surface area (Å²) in [6, 6.07) is 7.73. The first-order valence-electron chi connectivity index (χ1n) is 6.18. The average molecular weight is 281 g/mol. The molecule has 0 radical (unpaired) electrons. The van der Waals surface area contributed by atoms with E-state index in [2.05, 4.69) is 4.74 Å². The molecule has 3 N–H and O–H groups in total. The van der Waals surface area contributed by atoms with Gasteiger partial charge >= 0.3 is 11.9 Å². The Kier molecular flexibility index (Phi) is 5.66. The Morgan fingerprint density at radius 3 is 2.40 bits per heavy atom. The number of hydrogen-bond donors (Lipinski definition) is 2. The summed E-state index contributed by atoms with van der Waals surface area (Å²) in [6.07, 6.45) is -0.0330. The number of ether oxygens (including phenoxy) is 2. The van der Waals surface area contributed by atoms with E-state index in [-0.39, 0.29) is 12.0 Å². The van der Waals surface area contributed by atoms with Crippen molar-refractivity contribution in [1.29, 1.82) is 0 Å². The van der Waals surface area contributed by atoms with Crippen LogP contribution in [0.2, 0.25) is 0 Å². The van der Waals surface area contributed by atoms with E-state index in [4.69, 9.17) is 10.5 Å². The summed E-state index contributed by atoms with van der Waals surface area (Å²) < 4.78 is 9.81. The summed E-state index contributed by atoms with van der Waals surface area (Å²) in [5.41, 5.74) is 4.15. The molecule has 0 aliphatic rings. The van der Waals surface area contributed by atoms with Gasteiger partial charge in [0.05, 0.1) is 19.3 Å². The van der Waals surface area contributed by atoms with E-state index >= 15 is 0 Å². The topological polar surface area (TPSA) is 98.8 Å². The highest BCUT2D eigenvalue weighted by Crippen LogP contribution is 2.21. The first-order chi connectivity index (χ1) is 9.45. The van der Waals surface area contributed by atoms with Crippen LogP contribution in [-0.2, 0) is 14.3 Å². The predicted molar refractivity (Wildman–Crippen MR) is 72.0 cm³/mol. The number of methoxy groups -OCH3 is 1. The van der Waals surface area contributed by atoms with Crippen LogP contribution in [0.15, 0.2) is 30.3 Å². The van der Waals surface area contributed by atoms with E-state index in [1.165, 1.54) is 0 Å². The molecule has 0 fully saturated rings. The molecule has 6 nitrogen and oxygen atoms in total. The molecule has 0 heterocycles. The van der Waals surface area contributed by atoms with Crippen LogP contribution in [0.1, 0.15) is 23.7 Å². The molecule has 110 valence electrons. The SMILES string of the molecule is COC(=O)C(CO)(CC(C)N)OC(=O)c1ccccc1. The van der Waals surface area contributed by atoms with Crippen molar-refractivity contribution in [2.75, 3.05) is 13.7 Å². The van der Waals surface area contributed by atoms with Crippen molar-refractivity contribution in [1.82, 2.24) is 0 Å². The number of nitrogens with two attached hydrogens (primary N) is 1. The van der Waals surface area contributed by atoms with Gasteiger partial charge in [-0.15, -0.1) is 0 Å². The van der Waals surface area contributed by atoms with Crippen molar-refractivity contribution in [3.63, 3.8) is 0 Å². The number of rotatable bonds is 6. The van der Waals surface area contributed by atoms with Crippen LogP contribution in [0.25, 0.3) is 0 Å². The van der Waals surface area contributed by atoms with Gasteiger partial charge < -0.3 is 20.3 Å². The predicted octanol–water partition coefficient (Wildman–Crippen LogP) is 0.485. The number of benzene rings is 1. The number of esters is 2. The summed E-state index contributed by atoms with van der Waals surface area (Å²) in [6.45, 7) is 0.948. The Morgan fingerprint density at radius 1 is 1.35 bits per heavy atom. The number of carbonyl (C=O) groups excluding carboxylic acids is 2. The molecule has 0 aromatic heterocycles. The normalized spacial score (nSPS) is 15.0. The van der Waals surface area contributed by atoms with Gasteiger partial charge in [0.1, 0.15) is 0 Å². The van der Waals surface area contributed by atoms with Crippen molar-refractivity contribution >= 4 is 11.9 Å². The second kappa shape index (κ2) is 7.02. The highest BCUT2D eigenvalue weighted by atomic mass is 16.6. The Hall–Kier alpha value is -1.92. The molecular weight excluding hydrogens is 262 g/mol. The standard InChI is InChI=1S/C14H19NO5/c1-10(15)8-14(9-16,13(18)19-2)20-12(17)11-6-4-3-5-7-11/h3-7,10,16H,8-9,15H2,1-2H3. The molecule has 0 aliphatic heterocycles. The van der Waals surface area contributed by atoms with Gasteiger partial charge in [-0.05, 0) is 19.1 Å². The Bertz CT molecular complexity index is 460. The van der Waals surface area contributed by atoms with E-state index in [1.807, 2.05) is 0 Å². The van der Waals surface area contributed by atoms with E-state index in [1.54, 1.807) is 37.3 Å². The van der Waals surface area contributed by atoms with Gasteiger partial charge in [-0.2, -0.15) is 0 Å². The summed E-state index contributed by atoms with van der Waals surface area (Å²) in [7, 11) is 1.16. The minimum atomic E-state index is -1.78. The Labute approximate surface area is 117 Å². The van der Waals surface area contributed by atoms with Crippen LogP contribution < -0.4 is 5.73 Å². The van der Waals surface area contributed by atoms with Gasteiger partial charge in [-0.1, -0.05) is 18.2 Å². The lowest BCUT2D eigenvalue weighted by molar-refractivity contribution is -0.168. The van der Waals surface area contributed by atoms with Gasteiger partial charge in [-0.25, -0.2) is 9.59 Å². The van der Waals surface area contributed by atoms with Crippen molar-refractivity contribution in [3.8, 4) is 0 Å². The molecule has 0 spiro atoms. The fourth-order valence-electron chi connectivity index (χ4n) is 1.84. The fraction of sp³-hybridized carbons (Fsp3) is 0.429. The average Bonchev–Trinajstić information content (AvgIpc) is 2.45. The molecule has 1 aromatic rings. The van der Waals surface area contributed by atoms with Crippen LogP contribution in [0.4, 0.5) is 0 Å². The summed E-state index contributed by atoms with van der Waals surface area (Å²) in [5.74, 6) is -1.55. The van der Waals surface area contributed by atoms with Gasteiger partial charge in [0.15, 0.2) is 0 Å². The lowest BCUT2D eigenvalue weighted by Crippen LogP contribution is -2.50. The van der Waals surface area contributed by atoms with Crippen LogP contribution in [0, 0.1) is 0 Å². The number of carbonyl (C=O) groups is 2. The zero-order valence-electron chi connectivity index (χ0n) is 11.5. The molecule has 20 heavy (non-hydrogen) atoms. The monoisotopic (exact) mass is 281 g/mol. The fourth-order valence-corrected chi connectivity index (χ4v) is 1.84. The van der Waals surface area contributed by atoms with Crippen molar-refractivity contribution in [2.24, 2.45) is 5.73 Å². The maximum absolute atomic E-state index is 12.0. The van der Waals surface area contributed by atoms with E-state index < -0.39 is 30.2 Å². The third-order valence-corrected chi connectivity index (χ3v) is 2.76. The molecule has 0 aliphatic carbocycles. The molecule has 2 unspecified atom stereocenters. The quantitative estimate of drug-likeness (QED) is 0.736. The van der Waals surface area contributed by atoms with Crippen molar-refractivity contribution in [2.45, 2.75) is 25.0 Å². The van der Waals surface area contributed by atoms with Gasteiger partial charge in [0.2, 0.25) is 5.60 Å². The number of aliphatic hydroxyl groups is 1. The van der Waals surface area contributed by atoms with E-state index in [0.29, 0.717) is 0 Å². The Balaban J connectivity index is 3.00. The maximum Gasteiger partial charge on any atom is 0.352 e. The number of aliphatic hydroxyl groups excluding tert-OH is 1. The molecule has 6 heteroatoms. The smallest absolute Gasteiger partial charge is 0.352 e. The van der Waals surface area contributed by atoms with E-state index in [0.717, 1.165) is 7.11 Å². The van der Waals surface area contributed by atoms with Crippen molar-refractivity contribution < 1.29 is 24.2 Å². The summed E-state index contributed by atoms with van der Waals surface area (Å²) >= 11 is 0. The van der Waals surface area contributed by atoms with Crippen LogP contribution in [0.3, 0.4) is 0 Å². The first kappa shape index (κ1) is 16.1. The van der Waals surface area contributed by atoms with E-state index in [9.17, 15) is 14.7 Å². The van der Waals surface area contributed by atoms with Crippen molar-refractivity contribution in [3.05, 3.63) is 35.9 Å². The molecular formula is C14H19NO5. The third-order valence-electron chi connectivity index (χ3n) is 2.76. The maximum atomic E-state index is 12.0. The van der Waals surface area contributed by atoms with Gasteiger partial charge in [0, 0.05) is 12.5 Å². The third kappa shape index (κ3) is 3.79. The highest BCUT2D eigenvalue weighted by molar-refractivity contribution is 5.92. The van der Waals surface area contributed by atoms with Crippen LogP contribution in [0.5, 0.6) is 0 Å². The largest absolute Gasteiger partial charge is 0.466 e. The lowest BCUT2D eigenvalue weighted by Gasteiger charge is -2.30. The minimum Gasteiger partial charge on any atom is -0.466 e. The molecule has 2 atom stereocenters. The highest BCUT2D eigenvalue weighted by Gasteiger charge is 2.44. The molecule has 0 amide bonds. The molecule has 1 aromatic carbocycles. The molecule has 0 saturated carbocycles. The first-order valence-corrected chi connectivity index (χ1v) is 6.18. The second-order valence-corrected chi connectivity index (χ2v) is 4.58. The second-order valence-electron chi connectivity index (χ2n) is 4.58. The van der Waals surface area contributed by atoms with Crippen LogP contribution >= 0.6 is 0 Å². The summed E-state index contributed by atoms with van der Waals surface area (Å²) in [5, 5.41) is 9.49. The zero-order valence-corrected chi connectivity index (χ0v) is 11.5. The van der Waals surface area contributed by atoms with Gasteiger partial charge in [-0.3, -0.25) is 0 Å². The molecule has 1 rings (SSSR count). The summed E-state index contributed by atoms with van der Waals surface area (Å²) in [4.78, 5) is 23.9. The zero-order chi connectivity index (χ0) is 15.2. The lowest BCUT2D eigenvalue weighted by atomic mass is 9.96. The van der Waals surface area contributed by atoms with Crippen LogP contribution in [-0.4, -0.2) is 42.4 Å².